The van der Waals surface area contributed by atoms with Crippen molar-refractivity contribution in [3.8, 4) is 0 Å². The number of hydrogen-bond donors (Lipinski definition) is 1. The van der Waals surface area contributed by atoms with Gasteiger partial charge in [0.15, 0.2) is 0 Å². The number of likely N-dealkylation sites (tertiary alicyclic amines) is 1. The molecule has 0 radical (unpaired) electrons. The lowest BCUT2D eigenvalue weighted by Crippen LogP contribution is -2.49. The van der Waals surface area contributed by atoms with Gasteiger partial charge < -0.3 is 9.67 Å². The zero-order chi connectivity index (χ0) is 29.6. The first kappa shape index (κ1) is 28.2. The average Bonchev–Trinajstić information content (AvgIpc) is 3.48. The molecule has 0 spiro atoms. The summed E-state index contributed by atoms with van der Waals surface area (Å²) >= 11 is 0. The summed E-state index contributed by atoms with van der Waals surface area (Å²) in [7, 11) is 0. The first-order valence-corrected chi connectivity index (χ1v) is 15.9. The maximum atomic E-state index is 13.6. The number of para-hydroxylation sites is 2. The van der Waals surface area contributed by atoms with Crippen molar-refractivity contribution >= 4 is 17.0 Å². The summed E-state index contributed by atoms with van der Waals surface area (Å²) in [6, 6.07) is 26.3. The van der Waals surface area contributed by atoms with Crippen LogP contribution in [0.3, 0.4) is 0 Å². The van der Waals surface area contributed by atoms with Crippen LogP contribution in [0.1, 0.15) is 74.0 Å². The molecule has 4 heterocycles. The Labute approximate surface area is 253 Å². The summed E-state index contributed by atoms with van der Waals surface area (Å²) in [6.45, 7) is 4.62. The van der Waals surface area contributed by atoms with E-state index in [0.29, 0.717) is 36.8 Å². The van der Waals surface area contributed by atoms with E-state index < -0.39 is 12.0 Å². The van der Waals surface area contributed by atoms with Gasteiger partial charge in [0.05, 0.1) is 11.0 Å². The highest BCUT2D eigenvalue weighted by atomic mass is 19.1. The van der Waals surface area contributed by atoms with Crippen LogP contribution in [-0.4, -0.2) is 62.1 Å². The fourth-order valence-corrected chi connectivity index (χ4v) is 8.63. The molecule has 7 rings (SSSR count). The predicted molar refractivity (Wildman–Crippen MR) is 167 cm³/mol. The van der Waals surface area contributed by atoms with E-state index in [1.165, 1.54) is 48.9 Å². The molecule has 3 saturated heterocycles. The smallest absolute Gasteiger partial charge is 0.325 e. The van der Waals surface area contributed by atoms with E-state index in [4.69, 9.17) is 4.98 Å². The van der Waals surface area contributed by atoms with Crippen LogP contribution in [0.4, 0.5) is 4.39 Å². The molecule has 0 amide bonds. The minimum Gasteiger partial charge on any atom is -0.480 e. The fourth-order valence-electron chi connectivity index (χ4n) is 8.63. The number of benzene rings is 3. The number of carboxylic acid groups (broad SMARTS) is 1. The van der Waals surface area contributed by atoms with Crippen molar-refractivity contribution in [3.05, 3.63) is 102 Å². The highest BCUT2D eigenvalue weighted by Gasteiger charge is 2.44. The highest BCUT2D eigenvalue weighted by Crippen LogP contribution is 2.45. The molecule has 3 aromatic carbocycles. The summed E-state index contributed by atoms with van der Waals surface area (Å²) in [6.07, 6.45) is 7.75. The lowest BCUT2D eigenvalue weighted by atomic mass is 9.70. The number of nitrogens with zero attached hydrogens (tertiary/aromatic N) is 4. The Hall–Kier alpha value is -3.55. The van der Waals surface area contributed by atoms with Gasteiger partial charge in [0.25, 0.3) is 0 Å². The van der Waals surface area contributed by atoms with Crippen LogP contribution in [0, 0.1) is 12.7 Å². The van der Waals surface area contributed by atoms with Crippen LogP contribution in [0.15, 0.2) is 78.9 Å². The SMILES string of the molecule is Cc1nc2ccccc2n1C1CC2CCC(C1)N2CCC1(c2ccccc2)CCN(C(C(=O)O)c2ccc(F)cc2)CC1. The van der Waals surface area contributed by atoms with Crippen LogP contribution in [0.25, 0.3) is 11.0 Å². The van der Waals surface area contributed by atoms with Crippen LogP contribution >= 0.6 is 0 Å². The highest BCUT2D eigenvalue weighted by molar-refractivity contribution is 5.76. The zero-order valence-electron chi connectivity index (χ0n) is 24.9. The Bertz CT molecular complexity index is 1560. The van der Waals surface area contributed by atoms with Gasteiger partial charge in [0, 0.05) is 31.2 Å². The van der Waals surface area contributed by atoms with Gasteiger partial charge in [0.2, 0.25) is 0 Å². The van der Waals surface area contributed by atoms with Gasteiger partial charge in [0.1, 0.15) is 17.7 Å². The number of rotatable bonds is 8. The molecule has 3 atom stereocenters. The molecule has 1 aromatic heterocycles. The van der Waals surface area contributed by atoms with E-state index >= 15 is 0 Å². The monoisotopic (exact) mass is 580 g/mol. The van der Waals surface area contributed by atoms with E-state index in [2.05, 4.69) is 75.9 Å². The normalized spacial score (nSPS) is 24.7. The van der Waals surface area contributed by atoms with Crippen molar-refractivity contribution in [2.45, 2.75) is 81.5 Å². The predicted octanol–water partition coefficient (Wildman–Crippen LogP) is 6.90. The molecule has 224 valence electrons. The number of piperidine rings is 2. The number of hydrogen-bond acceptors (Lipinski definition) is 4. The second-order valence-electron chi connectivity index (χ2n) is 13.0. The van der Waals surface area contributed by atoms with Gasteiger partial charge in [-0.3, -0.25) is 14.6 Å². The molecule has 3 aliphatic heterocycles. The van der Waals surface area contributed by atoms with Gasteiger partial charge in [-0.05, 0) is 99.2 Å². The first-order valence-electron chi connectivity index (χ1n) is 15.9. The molecule has 6 nitrogen and oxygen atoms in total. The van der Waals surface area contributed by atoms with Gasteiger partial charge >= 0.3 is 5.97 Å². The van der Waals surface area contributed by atoms with Crippen LogP contribution < -0.4 is 0 Å². The number of aromatic nitrogens is 2. The third-order valence-corrected chi connectivity index (χ3v) is 10.8. The lowest BCUT2D eigenvalue weighted by molar-refractivity contribution is -0.144. The Balaban J connectivity index is 1.07. The quantitative estimate of drug-likeness (QED) is 0.246. The second-order valence-corrected chi connectivity index (χ2v) is 13.0. The third kappa shape index (κ3) is 5.27. The maximum absolute atomic E-state index is 13.6. The van der Waals surface area contributed by atoms with Crippen molar-refractivity contribution in [3.63, 3.8) is 0 Å². The molecule has 43 heavy (non-hydrogen) atoms. The number of carbonyl (C=O) groups is 1. The van der Waals surface area contributed by atoms with Gasteiger partial charge in [-0.25, -0.2) is 9.37 Å². The molecular formula is C36H41FN4O2. The van der Waals surface area contributed by atoms with Crippen molar-refractivity contribution in [1.82, 2.24) is 19.4 Å². The van der Waals surface area contributed by atoms with E-state index in [-0.39, 0.29) is 11.2 Å². The number of aliphatic carboxylic acids is 1. The summed E-state index contributed by atoms with van der Waals surface area (Å²) < 4.78 is 16.1. The summed E-state index contributed by atoms with van der Waals surface area (Å²) in [5.41, 5.74) is 4.37. The minimum absolute atomic E-state index is 0.0109. The number of halogens is 1. The zero-order valence-corrected chi connectivity index (χ0v) is 24.9. The van der Waals surface area contributed by atoms with Crippen LogP contribution in [0.5, 0.6) is 0 Å². The minimum atomic E-state index is -0.876. The first-order chi connectivity index (χ1) is 20.9. The second kappa shape index (κ2) is 11.5. The van der Waals surface area contributed by atoms with Crippen molar-refractivity contribution in [2.24, 2.45) is 0 Å². The Morgan fingerprint density at radius 1 is 0.930 bits per heavy atom. The van der Waals surface area contributed by atoms with E-state index in [9.17, 15) is 14.3 Å². The Kier molecular flexibility index (Phi) is 7.56. The molecule has 0 saturated carbocycles. The van der Waals surface area contributed by atoms with E-state index in [0.717, 1.165) is 37.1 Å². The third-order valence-electron chi connectivity index (χ3n) is 10.8. The molecule has 3 fully saturated rings. The molecule has 2 bridgehead atoms. The maximum Gasteiger partial charge on any atom is 0.325 e. The van der Waals surface area contributed by atoms with E-state index in [1.807, 2.05) is 0 Å². The van der Waals surface area contributed by atoms with Crippen molar-refractivity contribution in [1.29, 1.82) is 0 Å². The van der Waals surface area contributed by atoms with Crippen molar-refractivity contribution in [2.75, 3.05) is 19.6 Å². The Morgan fingerprint density at radius 3 is 2.26 bits per heavy atom. The number of aryl methyl sites for hydroxylation is 1. The standard InChI is InChI=1S/C36H41FN4O2/c1-25-38-32-9-5-6-10-33(32)41(25)31-23-29-15-16-30(24-31)40(29)22-19-36(27-7-3-2-4-8-27)17-20-39(21-18-36)34(35(42)43)26-11-13-28(37)14-12-26/h2-14,29-31,34H,15-24H2,1H3,(H,42,43). The molecule has 4 aromatic rings. The summed E-state index contributed by atoms with van der Waals surface area (Å²) in [5.74, 6) is -0.102. The molecule has 0 aliphatic carbocycles. The Morgan fingerprint density at radius 2 is 1.58 bits per heavy atom. The fraction of sp³-hybridized carbons (Fsp3) is 0.444. The summed E-state index contributed by atoms with van der Waals surface area (Å²) in [4.78, 5) is 22.1. The number of imidazole rings is 1. The van der Waals surface area contributed by atoms with Crippen molar-refractivity contribution < 1.29 is 14.3 Å². The van der Waals surface area contributed by atoms with Gasteiger partial charge in [-0.2, -0.15) is 0 Å². The molecule has 3 aliphatic rings. The van der Waals surface area contributed by atoms with E-state index in [1.54, 1.807) is 12.1 Å². The molecular weight excluding hydrogens is 539 g/mol. The largest absolute Gasteiger partial charge is 0.480 e. The number of carboxylic acids is 1. The molecule has 1 N–H and O–H groups in total. The molecule has 7 heteroatoms. The van der Waals surface area contributed by atoms with Gasteiger partial charge in [-0.15, -0.1) is 0 Å². The van der Waals surface area contributed by atoms with Gasteiger partial charge in [-0.1, -0.05) is 54.6 Å². The van der Waals surface area contributed by atoms with Crippen LogP contribution in [-0.2, 0) is 10.2 Å². The van der Waals surface area contributed by atoms with Crippen LogP contribution in [0.2, 0.25) is 0 Å². The average molecular weight is 581 g/mol. The molecule has 3 unspecified atom stereocenters. The lowest BCUT2D eigenvalue weighted by Gasteiger charge is -2.46. The summed E-state index contributed by atoms with van der Waals surface area (Å²) in [5, 5.41) is 10.2. The number of fused-ring (bicyclic) bond motifs is 3. The topological polar surface area (TPSA) is 61.6 Å².